The molecule has 2 rings (SSSR count). The minimum atomic E-state index is -3.27. The Labute approximate surface area is 93.4 Å². The Bertz CT molecular complexity index is 550. The van der Waals surface area contributed by atoms with Crippen LogP contribution in [0.15, 0.2) is 18.2 Å². The lowest BCUT2D eigenvalue weighted by Gasteiger charge is -2.10. The van der Waals surface area contributed by atoms with Crippen molar-refractivity contribution in [2.75, 3.05) is 6.26 Å². The highest BCUT2D eigenvalue weighted by atomic mass is 32.2. The van der Waals surface area contributed by atoms with Crippen LogP contribution in [0.5, 0.6) is 0 Å². The molecule has 0 aliphatic carbocycles. The van der Waals surface area contributed by atoms with Gasteiger partial charge in [0.25, 0.3) is 0 Å². The molecule has 1 aromatic carbocycles. The molecule has 0 spiro atoms. The minimum absolute atomic E-state index is 0.149. The lowest BCUT2D eigenvalue weighted by molar-refractivity contribution is 0.0695. The SMILES string of the molecule is CS(=O)(=O)N1Cc2cccc(C(=O)O)c2C1. The average Bonchev–Trinajstić information content (AvgIpc) is 2.59. The third kappa shape index (κ3) is 1.81. The van der Waals surface area contributed by atoms with Crippen molar-refractivity contribution in [1.82, 2.24) is 4.31 Å². The highest BCUT2D eigenvalue weighted by Gasteiger charge is 2.28. The van der Waals surface area contributed by atoms with Crippen LogP contribution in [-0.2, 0) is 23.1 Å². The maximum atomic E-state index is 11.4. The second-order valence-corrected chi connectivity index (χ2v) is 5.76. The molecule has 0 saturated heterocycles. The molecule has 0 aromatic heterocycles. The molecule has 0 bridgehead atoms. The van der Waals surface area contributed by atoms with Crippen LogP contribution in [0.4, 0.5) is 0 Å². The van der Waals surface area contributed by atoms with E-state index >= 15 is 0 Å². The lowest BCUT2D eigenvalue weighted by atomic mass is 10.0. The first kappa shape index (κ1) is 11.1. The first-order valence-electron chi connectivity index (χ1n) is 4.69. The van der Waals surface area contributed by atoms with E-state index in [2.05, 4.69) is 0 Å². The topological polar surface area (TPSA) is 74.7 Å². The van der Waals surface area contributed by atoms with E-state index in [1.54, 1.807) is 12.1 Å². The third-order valence-corrected chi connectivity index (χ3v) is 3.85. The molecule has 0 radical (unpaired) electrons. The summed E-state index contributed by atoms with van der Waals surface area (Å²) in [5.74, 6) is -1.02. The molecule has 0 fully saturated rings. The van der Waals surface area contributed by atoms with Crippen molar-refractivity contribution in [3.8, 4) is 0 Å². The number of rotatable bonds is 2. The van der Waals surface area contributed by atoms with Gasteiger partial charge in [-0.1, -0.05) is 12.1 Å². The fourth-order valence-electron chi connectivity index (χ4n) is 1.83. The van der Waals surface area contributed by atoms with Crippen LogP contribution in [0.3, 0.4) is 0 Å². The van der Waals surface area contributed by atoms with Gasteiger partial charge in [-0.2, -0.15) is 4.31 Å². The van der Waals surface area contributed by atoms with Crippen LogP contribution in [-0.4, -0.2) is 30.1 Å². The number of fused-ring (bicyclic) bond motifs is 1. The fourth-order valence-corrected chi connectivity index (χ4v) is 2.56. The number of hydrogen-bond donors (Lipinski definition) is 1. The summed E-state index contributed by atoms with van der Waals surface area (Å²) in [6.45, 7) is 0.409. The van der Waals surface area contributed by atoms with Crippen LogP contribution >= 0.6 is 0 Å². The van der Waals surface area contributed by atoms with E-state index in [0.29, 0.717) is 5.56 Å². The van der Waals surface area contributed by atoms with Crippen LogP contribution in [0.2, 0.25) is 0 Å². The third-order valence-electron chi connectivity index (χ3n) is 2.65. The van der Waals surface area contributed by atoms with Crippen molar-refractivity contribution in [3.63, 3.8) is 0 Å². The number of nitrogens with zero attached hydrogens (tertiary/aromatic N) is 1. The zero-order valence-corrected chi connectivity index (χ0v) is 9.49. The fraction of sp³-hybridized carbons (Fsp3) is 0.300. The number of carbonyl (C=O) groups is 1. The largest absolute Gasteiger partial charge is 0.478 e. The van der Waals surface area contributed by atoms with E-state index in [-0.39, 0.29) is 18.7 Å². The van der Waals surface area contributed by atoms with Crippen LogP contribution < -0.4 is 0 Å². The minimum Gasteiger partial charge on any atom is -0.478 e. The van der Waals surface area contributed by atoms with E-state index in [1.807, 2.05) is 0 Å². The van der Waals surface area contributed by atoms with E-state index in [9.17, 15) is 13.2 Å². The monoisotopic (exact) mass is 241 g/mol. The van der Waals surface area contributed by atoms with Gasteiger partial charge in [0.1, 0.15) is 0 Å². The first-order valence-corrected chi connectivity index (χ1v) is 6.53. The average molecular weight is 241 g/mol. The normalized spacial score (nSPS) is 16.1. The summed E-state index contributed by atoms with van der Waals surface area (Å²) in [5.41, 5.74) is 1.55. The van der Waals surface area contributed by atoms with Crippen LogP contribution in [0, 0.1) is 0 Å². The second kappa shape index (κ2) is 3.57. The van der Waals surface area contributed by atoms with Gasteiger partial charge in [-0.15, -0.1) is 0 Å². The van der Waals surface area contributed by atoms with Crippen molar-refractivity contribution >= 4 is 16.0 Å². The van der Waals surface area contributed by atoms with Gasteiger partial charge in [-0.3, -0.25) is 0 Å². The molecule has 5 nitrogen and oxygen atoms in total. The molecule has 1 aliphatic rings. The molecular weight excluding hydrogens is 230 g/mol. The summed E-state index contributed by atoms with van der Waals surface area (Å²) < 4.78 is 24.0. The van der Waals surface area contributed by atoms with Gasteiger partial charge in [0.2, 0.25) is 10.0 Å². The predicted molar refractivity (Wildman–Crippen MR) is 57.5 cm³/mol. The second-order valence-electron chi connectivity index (χ2n) is 3.78. The summed E-state index contributed by atoms with van der Waals surface area (Å²) in [6, 6.07) is 4.88. The number of sulfonamides is 1. The number of benzene rings is 1. The molecule has 0 saturated carbocycles. The van der Waals surface area contributed by atoms with Gasteiger partial charge < -0.3 is 5.11 Å². The molecule has 6 heteroatoms. The standard InChI is InChI=1S/C10H11NO4S/c1-16(14,15)11-5-7-3-2-4-8(10(12)13)9(7)6-11/h2-4H,5-6H2,1H3,(H,12,13). The maximum Gasteiger partial charge on any atom is 0.336 e. The van der Waals surface area contributed by atoms with Crippen molar-refractivity contribution in [2.24, 2.45) is 0 Å². The molecule has 0 atom stereocenters. The van der Waals surface area contributed by atoms with Gasteiger partial charge in [0, 0.05) is 13.1 Å². The molecule has 1 aliphatic heterocycles. The van der Waals surface area contributed by atoms with Crippen molar-refractivity contribution < 1.29 is 18.3 Å². The van der Waals surface area contributed by atoms with E-state index in [4.69, 9.17) is 5.11 Å². The highest BCUT2D eigenvalue weighted by Crippen LogP contribution is 2.27. The summed E-state index contributed by atoms with van der Waals surface area (Å²) in [5, 5.41) is 8.97. The smallest absolute Gasteiger partial charge is 0.336 e. The molecule has 0 unspecified atom stereocenters. The van der Waals surface area contributed by atoms with Gasteiger partial charge in [-0.05, 0) is 17.2 Å². The quantitative estimate of drug-likeness (QED) is 0.825. The Hall–Kier alpha value is -1.40. The Morgan fingerprint density at radius 3 is 2.62 bits per heavy atom. The number of carboxylic acid groups (broad SMARTS) is 1. The van der Waals surface area contributed by atoms with Gasteiger partial charge in [0.15, 0.2) is 0 Å². The molecule has 1 N–H and O–H groups in total. The van der Waals surface area contributed by atoms with E-state index in [1.165, 1.54) is 10.4 Å². The number of hydrogen-bond acceptors (Lipinski definition) is 3. The summed E-state index contributed by atoms with van der Waals surface area (Å²) in [6.07, 6.45) is 1.12. The van der Waals surface area contributed by atoms with Crippen molar-refractivity contribution in [1.29, 1.82) is 0 Å². The van der Waals surface area contributed by atoms with Crippen molar-refractivity contribution in [3.05, 3.63) is 34.9 Å². The van der Waals surface area contributed by atoms with E-state index in [0.717, 1.165) is 11.8 Å². The lowest BCUT2D eigenvalue weighted by Crippen LogP contribution is -2.24. The maximum absolute atomic E-state index is 11.4. The molecule has 16 heavy (non-hydrogen) atoms. The Morgan fingerprint density at radius 1 is 1.38 bits per heavy atom. The summed E-state index contributed by atoms with van der Waals surface area (Å²) in [7, 11) is -3.27. The predicted octanol–water partition coefficient (Wildman–Crippen LogP) is 0.660. The number of aromatic carboxylic acids is 1. The van der Waals surface area contributed by atoms with Gasteiger partial charge in [0.05, 0.1) is 11.8 Å². The Kier molecular flexibility index (Phi) is 2.47. The molecule has 1 aromatic rings. The van der Waals surface area contributed by atoms with Crippen molar-refractivity contribution in [2.45, 2.75) is 13.1 Å². The molecule has 86 valence electrons. The summed E-state index contributed by atoms with van der Waals surface area (Å²) in [4.78, 5) is 10.9. The van der Waals surface area contributed by atoms with Gasteiger partial charge in [-0.25, -0.2) is 13.2 Å². The Morgan fingerprint density at radius 2 is 2.06 bits per heavy atom. The first-order chi connectivity index (χ1) is 7.39. The Balaban J connectivity index is 2.45. The zero-order chi connectivity index (χ0) is 11.9. The van der Waals surface area contributed by atoms with Gasteiger partial charge >= 0.3 is 5.97 Å². The highest BCUT2D eigenvalue weighted by molar-refractivity contribution is 7.88. The molecular formula is C10H11NO4S. The van der Waals surface area contributed by atoms with Crippen LogP contribution in [0.1, 0.15) is 21.5 Å². The van der Waals surface area contributed by atoms with Crippen LogP contribution in [0.25, 0.3) is 0 Å². The summed E-state index contributed by atoms with van der Waals surface area (Å²) >= 11 is 0. The molecule has 0 amide bonds. The van der Waals surface area contributed by atoms with E-state index < -0.39 is 16.0 Å². The molecule has 1 heterocycles. The zero-order valence-electron chi connectivity index (χ0n) is 8.67. The number of carboxylic acids is 1.